The number of hydrogen-bond acceptors (Lipinski definition) is 3. The first kappa shape index (κ1) is 21.8. The molecule has 1 heterocycles. The number of anilines is 2. The van der Waals surface area contributed by atoms with E-state index in [0.717, 1.165) is 31.2 Å². The lowest BCUT2D eigenvalue weighted by Gasteiger charge is -2.30. The van der Waals surface area contributed by atoms with Crippen molar-refractivity contribution in [1.29, 1.82) is 0 Å². The molecule has 1 aliphatic heterocycles. The normalized spacial score (nSPS) is 16.9. The Morgan fingerprint density at radius 1 is 1.07 bits per heavy atom. The zero-order valence-electron chi connectivity index (χ0n) is 18.1. The highest BCUT2D eigenvalue weighted by atomic mass is 16.2. The second-order valence-electron chi connectivity index (χ2n) is 8.43. The molecule has 1 unspecified atom stereocenters. The molecule has 1 saturated heterocycles. The van der Waals surface area contributed by atoms with Crippen LogP contribution in [0.3, 0.4) is 0 Å². The topological polar surface area (TPSA) is 73.5 Å². The molecular weight excluding hydrogens is 376 g/mol. The number of para-hydroxylation sites is 1. The first-order chi connectivity index (χ1) is 14.4. The quantitative estimate of drug-likeness (QED) is 0.649. The van der Waals surface area contributed by atoms with Crippen LogP contribution in [0.25, 0.3) is 0 Å². The van der Waals surface area contributed by atoms with E-state index in [9.17, 15) is 9.59 Å². The predicted octanol–water partition coefficient (Wildman–Crippen LogP) is 4.70. The van der Waals surface area contributed by atoms with Gasteiger partial charge in [-0.25, -0.2) is 4.79 Å². The van der Waals surface area contributed by atoms with Crippen LogP contribution in [0, 0.1) is 5.92 Å². The minimum atomic E-state index is -0.332. The Morgan fingerprint density at radius 3 is 2.50 bits per heavy atom. The van der Waals surface area contributed by atoms with Gasteiger partial charge >= 0.3 is 6.03 Å². The summed E-state index contributed by atoms with van der Waals surface area (Å²) >= 11 is 0. The van der Waals surface area contributed by atoms with E-state index < -0.39 is 0 Å². The molecule has 160 valence electrons. The van der Waals surface area contributed by atoms with Crippen molar-refractivity contribution in [3.63, 3.8) is 0 Å². The summed E-state index contributed by atoms with van der Waals surface area (Å²) in [7, 11) is 0. The zero-order chi connectivity index (χ0) is 21.5. The van der Waals surface area contributed by atoms with Crippen molar-refractivity contribution >= 4 is 23.3 Å². The molecule has 30 heavy (non-hydrogen) atoms. The van der Waals surface area contributed by atoms with Crippen LogP contribution in [-0.2, 0) is 6.54 Å². The van der Waals surface area contributed by atoms with Crippen molar-refractivity contribution in [3.05, 3.63) is 59.7 Å². The van der Waals surface area contributed by atoms with Crippen molar-refractivity contribution in [2.75, 3.05) is 23.7 Å². The van der Waals surface area contributed by atoms with E-state index >= 15 is 0 Å². The number of hydrogen-bond donors (Lipinski definition) is 3. The Balaban J connectivity index is 1.61. The molecule has 3 rings (SSSR count). The Labute approximate surface area is 179 Å². The molecule has 1 atom stereocenters. The second-order valence-corrected chi connectivity index (χ2v) is 8.43. The first-order valence-electron chi connectivity index (χ1n) is 10.7. The minimum Gasteiger partial charge on any atom is -0.336 e. The third-order valence-corrected chi connectivity index (χ3v) is 5.20. The predicted molar refractivity (Wildman–Crippen MR) is 122 cm³/mol. The van der Waals surface area contributed by atoms with E-state index in [1.54, 1.807) is 24.3 Å². The number of benzene rings is 2. The Morgan fingerprint density at radius 2 is 1.80 bits per heavy atom. The fraction of sp³-hybridized carbons (Fsp3) is 0.417. The van der Waals surface area contributed by atoms with Crippen LogP contribution >= 0.6 is 0 Å². The summed E-state index contributed by atoms with van der Waals surface area (Å²) in [6.45, 7) is 9.31. The van der Waals surface area contributed by atoms with Crippen LogP contribution in [-0.4, -0.2) is 36.0 Å². The third-order valence-electron chi connectivity index (χ3n) is 5.20. The molecule has 2 aromatic carbocycles. The molecular formula is C24H32N4O2. The Kier molecular flexibility index (Phi) is 7.46. The van der Waals surface area contributed by atoms with Crippen molar-refractivity contribution in [2.45, 2.75) is 46.2 Å². The first-order valence-corrected chi connectivity index (χ1v) is 10.7. The summed E-state index contributed by atoms with van der Waals surface area (Å²) in [5.41, 5.74) is 2.87. The van der Waals surface area contributed by atoms with Gasteiger partial charge < -0.3 is 16.0 Å². The fourth-order valence-corrected chi connectivity index (χ4v) is 3.79. The van der Waals surface area contributed by atoms with Crippen molar-refractivity contribution in [3.8, 4) is 0 Å². The van der Waals surface area contributed by atoms with Gasteiger partial charge in [-0.05, 0) is 69.0 Å². The summed E-state index contributed by atoms with van der Waals surface area (Å²) in [5, 5.41) is 8.44. The maximum atomic E-state index is 12.8. The maximum Gasteiger partial charge on any atom is 0.319 e. The highest BCUT2D eigenvalue weighted by Crippen LogP contribution is 2.20. The summed E-state index contributed by atoms with van der Waals surface area (Å²) in [4.78, 5) is 27.3. The summed E-state index contributed by atoms with van der Waals surface area (Å²) < 4.78 is 0. The fourth-order valence-electron chi connectivity index (χ4n) is 3.79. The van der Waals surface area contributed by atoms with E-state index in [2.05, 4.69) is 39.9 Å². The van der Waals surface area contributed by atoms with Crippen LogP contribution in [0.4, 0.5) is 16.2 Å². The second kappa shape index (κ2) is 10.3. The largest absolute Gasteiger partial charge is 0.336 e. The average Bonchev–Trinajstić information content (AvgIpc) is 2.69. The number of piperidine rings is 1. The van der Waals surface area contributed by atoms with Crippen LogP contribution < -0.4 is 16.0 Å². The van der Waals surface area contributed by atoms with Gasteiger partial charge in [-0.3, -0.25) is 9.69 Å². The smallest absolute Gasteiger partial charge is 0.319 e. The number of amides is 3. The number of likely N-dealkylation sites (tertiary alicyclic amines) is 1. The molecule has 0 saturated carbocycles. The lowest BCUT2D eigenvalue weighted by Crippen LogP contribution is -2.34. The van der Waals surface area contributed by atoms with Gasteiger partial charge in [0, 0.05) is 24.8 Å². The maximum absolute atomic E-state index is 12.8. The molecule has 6 heteroatoms. The van der Waals surface area contributed by atoms with E-state index in [1.807, 2.05) is 26.0 Å². The van der Waals surface area contributed by atoms with Crippen LogP contribution in [0.1, 0.15) is 49.5 Å². The number of nitrogens with one attached hydrogen (secondary N) is 3. The third kappa shape index (κ3) is 6.32. The lowest BCUT2D eigenvalue weighted by molar-refractivity contribution is 0.102. The van der Waals surface area contributed by atoms with E-state index in [-0.39, 0.29) is 18.0 Å². The molecule has 3 N–H and O–H groups in total. The van der Waals surface area contributed by atoms with E-state index in [4.69, 9.17) is 0 Å². The van der Waals surface area contributed by atoms with Gasteiger partial charge in [0.2, 0.25) is 0 Å². The number of rotatable bonds is 6. The van der Waals surface area contributed by atoms with Crippen LogP contribution in [0.5, 0.6) is 0 Å². The standard InChI is InChI=1S/C24H32N4O2/c1-17(2)25-24(30)27-22-9-5-4-8-21(22)23(29)26-20-12-10-19(11-13-20)16-28-14-6-7-18(3)15-28/h4-5,8-13,17-18H,6-7,14-16H2,1-3H3,(H,26,29)(H2,25,27,30). The van der Waals surface area contributed by atoms with Gasteiger partial charge in [0.05, 0.1) is 11.3 Å². The average molecular weight is 409 g/mol. The van der Waals surface area contributed by atoms with Crippen LogP contribution in [0.15, 0.2) is 48.5 Å². The highest BCUT2D eigenvalue weighted by molar-refractivity contribution is 6.09. The SMILES string of the molecule is CC1CCCN(Cc2ccc(NC(=O)c3ccccc3NC(=O)NC(C)C)cc2)C1. The monoisotopic (exact) mass is 408 g/mol. The molecule has 0 spiro atoms. The Hall–Kier alpha value is -2.86. The summed E-state index contributed by atoms with van der Waals surface area (Å²) in [6, 6.07) is 14.7. The van der Waals surface area contributed by atoms with E-state index in [0.29, 0.717) is 11.3 Å². The van der Waals surface area contributed by atoms with E-state index in [1.165, 1.54) is 18.4 Å². The summed E-state index contributed by atoms with van der Waals surface area (Å²) in [6.07, 6.45) is 2.58. The minimum absolute atomic E-state index is 0.0117. The van der Waals surface area contributed by atoms with Crippen molar-refractivity contribution < 1.29 is 9.59 Å². The van der Waals surface area contributed by atoms with Gasteiger partial charge in [0.1, 0.15) is 0 Å². The van der Waals surface area contributed by atoms with Gasteiger partial charge in [0.15, 0.2) is 0 Å². The van der Waals surface area contributed by atoms with Gasteiger partial charge in [-0.15, -0.1) is 0 Å². The van der Waals surface area contributed by atoms with Gasteiger partial charge in [-0.2, -0.15) is 0 Å². The molecule has 0 aliphatic carbocycles. The summed E-state index contributed by atoms with van der Waals surface area (Å²) in [5.74, 6) is 0.502. The van der Waals surface area contributed by atoms with Crippen molar-refractivity contribution in [2.24, 2.45) is 5.92 Å². The van der Waals surface area contributed by atoms with Crippen molar-refractivity contribution in [1.82, 2.24) is 10.2 Å². The molecule has 0 aromatic heterocycles. The number of nitrogens with zero attached hydrogens (tertiary/aromatic N) is 1. The number of urea groups is 1. The molecule has 1 aliphatic rings. The molecule has 2 aromatic rings. The Bertz CT molecular complexity index is 864. The molecule has 0 radical (unpaired) electrons. The number of carbonyl (C=O) groups is 2. The zero-order valence-corrected chi connectivity index (χ0v) is 18.1. The van der Waals surface area contributed by atoms with Gasteiger partial charge in [-0.1, -0.05) is 31.2 Å². The molecule has 3 amide bonds. The molecule has 0 bridgehead atoms. The van der Waals surface area contributed by atoms with Gasteiger partial charge in [0.25, 0.3) is 5.91 Å². The molecule has 6 nitrogen and oxygen atoms in total. The van der Waals surface area contributed by atoms with Crippen LogP contribution in [0.2, 0.25) is 0 Å². The number of carbonyl (C=O) groups excluding carboxylic acids is 2. The highest BCUT2D eigenvalue weighted by Gasteiger charge is 2.17. The molecule has 1 fully saturated rings. The lowest BCUT2D eigenvalue weighted by atomic mass is 10.00.